The van der Waals surface area contributed by atoms with Gasteiger partial charge in [0.1, 0.15) is 12.5 Å². The third kappa shape index (κ3) is 6.66. The number of carbonyl (C=O) groups is 1. The van der Waals surface area contributed by atoms with Crippen LogP contribution in [0.5, 0.6) is 0 Å². The Labute approximate surface area is 232 Å². The maximum atomic E-state index is 13.1. The van der Waals surface area contributed by atoms with Crippen molar-refractivity contribution < 1.29 is 9.53 Å². The van der Waals surface area contributed by atoms with E-state index in [1.165, 1.54) is 18.5 Å². The molecule has 4 aromatic rings. The second-order valence-corrected chi connectivity index (χ2v) is 17.6. The van der Waals surface area contributed by atoms with E-state index in [0.29, 0.717) is 24.2 Å². The summed E-state index contributed by atoms with van der Waals surface area (Å²) in [5.74, 6) is 0.349. The highest BCUT2D eigenvalue weighted by Crippen LogP contribution is 2.27. The number of pyridine rings is 1. The SMILES string of the molecule is C[C@H]1CCCN1Cc1cc2cnc(NC(=O)c3ccc(-c4cnn(C)c4)cc3)cc2n1COCC[Si](C)(C)C. The molecule has 8 nitrogen and oxygen atoms in total. The molecule has 0 radical (unpaired) electrons. The van der Waals surface area contributed by atoms with Gasteiger partial charge in [-0.25, -0.2) is 4.98 Å². The Hall–Kier alpha value is -3.27. The molecule has 39 heavy (non-hydrogen) atoms. The molecule has 0 saturated carbocycles. The van der Waals surface area contributed by atoms with Gasteiger partial charge in [-0.2, -0.15) is 5.10 Å². The number of aryl methyl sites for hydroxylation is 1. The summed E-state index contributed by atoms with van der Waals surface area (Å²) in [6, 6.07) is 13.5. The molecule has 0 aliphatic carbocycles. The fourth-order valence-corrected chi connectivity index (χ4v) is 5.86. The molecule has 5 rings (SSSR count). The van der Waals surface area contributed by atoms with Crippen molar-refractivity contribution in [1.29, 1.82) is 0 Å². The van der Waals surface area contributed by atoms with Crippen LogP contribution in [0.1, 0.15) is 35.8 Å². The number of benzene rings is 1. The number of aromatic nitrogens is 4. The van der Waals surface area contributed by atoms with Crippen LogP contribution >= 0.6 is 0 Å². The van der Waals surface area contributed by atoms with Crippen molar-refractivity contribution in [2.75, 3.05) is 18.5 Å². The van der Waals surface area contributed by atoms with E-state index in [1.807, 2.05) is 56.0 Å². The molecule has 9 heteroatoms. The molecule has 1 N–H and O–H groups in total. The molecule has 1 aliphatic rings. The summed E-state index contributed by atoms with van der Waals surface area (Å²) in [5, 5.41) is 8.28. The Kier molecular flexibility index (Phi) is 8.02. The maximum Gasteiger partial charge on any atom is 0.256 e. The minimum Gasteiger partial charge on any atom is -0.361 e. The molecule has 1 aromatic carbocycles. The Balaban J connectivity index is 1.35. The molecule has 0 spiro atoms. The van der Waals surface area contributed by atoms with Crippen molar-refractivity contribution in [2.24, 2.45) is 7.05 Å². The summed E-state index contributed by atoms with van der Waals surface area (Å²) in [6.45, 7) is 12.7. The molecule has 4 heterocycles. The first-order chi connectivity index (χ1) is 18.7. The number of hydrogen-bond acceptors (Lipinski definition) is 5. The van der Waals surface area contributed by atoms with Gasteiger partial charge in [-0.15, -0.1) is 0 Å². The van der Waals surface area contributed by atoms with Crippen LogP contribution < -0.4 is 5.32 Å². The lowest BCUT2D eigenvalue weighted by atomic mass is 10.1. The van der Waals surface area contributed by atoms with Gasteiger partial charge in [0.15, 0.2) is 0 Å². The summed E-state index contributed by atoms with van der Waals surface area (Å²) in [7, 11) is 0.719. The van der Waals surface area contributed by atoms with Gasteiger partial charge in [-0.1, -0.05) is 31.8 Å². The van der Waals surface area contributed by atoms with Crippen molar-refractivity contribution in [3.8, 4) is 11.1 Å². The standard InChI is InChI=1S/C30H40N6O2Si/c1-22-7-6-12-35(22)20-27-15-25-17-31-29(16-28(25)36(27)21-38-13-14-39(3,4)5)33-30(37)24-10-8-23(9-11-24)26-18-32-34(2)19-26/h8-11,15-19,22H,6-7,12-14,20-21H2,1-5H3,(H,31,33,37)/t22-/m0/s1. The van der Waals surface area contributed by atoms with Crippen LogP contribution in [0.2, 0.25) is 25.7 Å². The molecule has 1 aliphatic heterocycles. The number of anilines is 1. The van der Waals surface area contributed by atoms with Gasteiger partial charge in [0, 0.05) is 75.0 Å². The van der Waals surface area contributed by atoms with Crippen molar-refractivity contribution in [3.05, 3.63) is 66.2 Å². The molecular formula is C30H40N6O2Si. The topological polar surface area (TPSA) is 77.2 Å². The number of rotatable bonds is 10. The van der Waals surface area contributed by atoms with Gasteiger partial charge in [-0.05, 0) is 56.1 Å². The number of ether oxygens (including phenoxy) is 1. The largest absolute Gasteiger partial charge is 0.361 e. The van der Waals surface area contributed by atoms with E-state index in [1.54, 1.807) is 4.68 Å². The molecule has 0 unspecified atom stereocenters. The molecule has 1 atom stereocenters. The zero-order chi connectivity index (χ0) is 27.6. The number of nitrogens with zero attached hydrogens (tertiary/aromatic N) is 5. The summed E-state index contributed by atoms with van der Waals surface area (Å²) < 4.78 is 10.2. The quantitative estimate of drug-likeness (QED) is 0.196. The molecule has 3 aromatic heterocycles. The third-order valence-corrected chi connectivity index (χ3v) is 9.28. The van der Waals surface area contributed by atoms with E-state index < -0.39 is 8.07 Å². The third-order valence-electron chi connectivity index (χ3n) is 7.57. The van der Waals surface area contributed by atoms with Crippen LogP contribution in [0, 0.1) is 0 Å². The predicted octanol–water partition coefficient (Wildman–Crippen LogP) is 5.99. The molecule has 0 bridgehead atoms. The van der Waals surface area contributed by atoms with Crippen LogP contribution in [-0.4, -0.2) is 57.4 Å². The van der Waals surface area contributed by atoms with Crippen LogP contribution in [0.4, 0.5) is 5.82 Å². The van der Waals surface area contributed by atoms with Crippen molar-refractivity contribution >= 4 is 30.7 Å². The van der Waals surface area contributed by atoms with Gasteiger partial charge in [-0.3, -0.25) is 14.4 Å². The van der Waals surface area contributed by atoms with Crippen molar-refractivity contribution in [2.45, 2.75) is 64.8 Å². The van der Waals surface area contributed by atoms with Crippen LogP contribution in [-0.2, 0) is 25.1 Å². The second kappa shape index (κ2) is 11.5. The fourth-order valence-electron chi connectivity index (χ4n) is 5.11. The van der Waals surface area contributed by atoms with Gasteiger partial charge in [0.2, 0.25) is 0 Å². The number of likely N-dealkylation sites (tertiary alicyclic amines) is 1. The second-order valence-electron chi connectivity index (χ2n) is 11.9. The predicted molar refractivity (Wildman–Crippen MR) is 160 cm³/mol. The molecule has 1 amide bonds. The average Bonchev–Trinajstić information content (AvgIpc) is 3.60. The van der Waals surface area contributed by atoms with E-state index in [9.17, 15) is 4.79 Å². The first kappa shape index (κ1) is 27.3. The lowest BCUT2D eigenvalue weighted by molar-refractivity contribution is 0.0863. The Morgan fingerprint density at radius 1 is 1.13 bits per heavy atom. The highest BCUT2D eigenvalue weighted by molar-refractivity contribution is 6.76. The molecular weight excluding hydrogens is 504 g/mol. The Bertz CT molecular complexity index is 1440. The fraction of sp³-hybridized carbons (Fsp3) is 0.433. The first-order valence-electron chi connectivity index (χ1n) is 13.9. The smallest absolute Gasteiger partial charge is 0.256 e. The van der Waals surface area contributed by atoms with Crippen LogP contribution in [0.25, 0.3) is 22.0 Å². The molecule has 1 fully saturated rings. The van der Waals surface area contributed by atoms with Crippen molar-refractivity contribution in [3.63, 3.8) is 0 Å². The first-order valence-corrected chi connectivity index (χ1v) is 17.6. The summed E-state index contributed by atoms with van der Waals surface area (Å²) in [6.07, 6.45) is 8.11. The van der Waals surface area contributed by atoms with Crippen LogP contribution in [0.15, 0.2) is 55.0 Å². The lowest BCUT2D eigenvalue weighted by Gasteiger charge is -2.22. The Morgan fingerprint density at radius 3 is 2.59 bits per heavy atom. The van der Waals surface area contributed by atoms with E-state index >= 15 is 0 Å². The van der Waals surface area contributed by atoms with E-state index in [4.69, 9.17) is 4.74 Å². The number of hydrogen-bond donors (Lipinski definition) is 1. The highest BCUT2D eigenvalue weighted by Gasteiger charge is 2.23. The van der Waals surface area contributed by atoms with Gasteiger partial charge < -0.3 is 14.6 Å². The number of carbonyl (C=O) groups excluding carboxylic acids is 1. The number of nitrogens with one attached hydrogen (secondary N) is 1. The Morgan fingerprint density at radius 2 is 1.92 bits per heavy atom. The van der Waals surface area contributed by atoms with Crippen molar-refractivity contribution in [1.82, 2.24) is 24.2 Å². The lowest BCUT2D eigenvalue weighted by Crippen LogP contribution is -2.27. The number of fused-ring (bicyclic) bond motifs is 1. The van der Waals surface area contributed by atoms with E-state index in [-0.39, 0.29) is 5.91 Å². The summed E-state index contributed by atoms with van der Waals surface area (Å²) in [4.78, 5) is 20.2. The zero-order valence-corrected chi connectivity index (χ0v) is 24.8. The molecule has 206 valence electrons. The number of amides is 1. The normalized spacial score (nSPS) is 16.3. The minimum atomic E-state index is -1.17. The van der Waals surface area contributed by atoms with E-state index in [2.05, 4.69) is 57.5 Å². The summed E-state index contributed by atoms with van der Waals surface area (Å²) in [5.41, 5.74) is 4.87. The maximum absolute atomic E-state index is 13.1. The van der Waals surface area contributed by atoms with Crippen LogP contribution in [0.3, 0.4) is 0 Å². The zero-order valence-electron chi connectivity index (χ0n) is 23.8. The minimum absolute atomic E-state index is 0.185. The van der Waals surface area contributed by atoms with Gasteiger partial charge in [0.25, 0.3) is 5.91 Å². The van der Waals surface area contributed by atoms with Gasteiger partial charge in [0.05, 0.1) is 11.7 Å². The molecule has 1 saturated heterocycles. The average molecular weight is 545 g/mol. The highest BCUT2D eigenvalue weighted by atomic mass is 28.3. The van der Waals surface area contributed by atoms with Gasteiger partial charge >= 0.3 is 0 Å². The monoisotopic (exact) mass is 544 g/mol. The van der Waals surface area contributed by atoms with E-state index in [0.717, 1.165) is 47.8 Å². The summed E-state index contributed by atoms with van der Waals surface area (Å²) >= 11 is 0.